The van der Waals surface area contributed by atoms with Gasteiger partial charge >= 0.3 is 5.97 Å². The van der Waals surface area contributed by atoms with E-state index in [0.717, 1.165) is 52.8 Å². The Kier molecular flexibility index (Phi) is 5.65. The second-order valence-corrected chi connectivity index (χ2v) is 7.31. The molecule has 0 saturated heterocycles. The van der Waals surface area contributed by atoms with Crippen molar-refractivity contribution in [3.63, 3.8) is 0 Å². The molecule has 1 atom stereocenters. The SMILES string of the molecule is CCNC(=O)[C@@H](C)OC(=O)c1c2c(nc3ccccc13)/C(=C\c1ccco1)CCC2. The fraction of sp³-hybridized carbons (Fsp3) is 0.292. The lowest BCUT2D eigenvalue weighted by atomic mass is 9.86. The number of likely N-dealkylation sites (N-methyl/N-ethyl adjacent to an activating group) is 1. The maximum Gasteiger partial charge on any atom is 0.339 e. The van der Waals surface area contributed by atoms with E-state index < -0.39 is 12.1 Å². The lowest BCUT2D eigenvalue weighted by Crippen LogP contribution is -2.35. The van der Waals surface area contributed by atoms with Crippen LogP contribution in [0, 0.1) is 0 Å². The second kappa shape index (κ2) is 8.53. The van der Waals surface area contributed by atoms with E-state index in [2.05, 4.69) is 5.32 Å². The molecule has 0 bridgehead atoms. The number of nitrogens with one attached hydrogen (secondary N) is 1. The fourth-order valence-corrected chi connectivity index (χ4v) is 3.84. The molecule has 1 aromatic carbocycles. The lowest BCUT2D eigenvalue weighted by molar-refractivity contribution is -0.128. The van der Waals surface area contributed by atoms with E-state index in [1.807, 2.05) is 49.4 Å². The minimum atomic E-state index is -0.873. The summed E-state index contributed by atoms with van der Waals surface area (Å²) in [7, 11) is 0. The highest BCUT2D eigenvalue weighted by Gasteiger charge is 2.28. The Morgan fingerprint density at radius 1 is 1.23 bits per heavy atom. The van der Waals surface area contributed by atoms with Crippen LogP contribution in [0.5, 0.6) is 0 Å². The molecule has 154 valence electrons. The summed E-state index contributed by atoms with van der Waals surface area (Å²) in [5, 5.41) is 3.42. The Hall–Kier alpha value is -3.41. The first-order chi connectivity index (χ1) is 14.6. The molecule has 2 aromatic heterocycles. The van der Waals surface area contributed by atoms with E-state index in [4.69, 9.17) is 14.1 Å². The number of ether oxygens (including phenoxy) is 1. The van der Waals surface area contributed by atoms with Gasteiger partial charge in [-0.2, -0.15) is 0 Å². The van der Waals surface area contributed by atoms with Crippen LogP contribution in [0.15, 0.2) is 47.1 Å². The van der Waals surface area contributed by atoms with Crippen molar-refractivity contribution in [3.8, 4) is 0 Å². The number of furan rings is 1. The number of pyridine rings is 1. The van der Waals surface area contributed by atoms with Gasteiger partial charge in [0, 0.05) is 11.9 Å². The van der Waals surface area contributed by atoms with Gasteiger partial charge in [0.2, 0.25) is 0 Å². The Labute approximate surface area is 174 Å². The van der Waals surface area contributed by atoms with Gasteiger partial charge in [-0.25, -0.2) is 9.78 Å². The highest BCUT2D eigenvalue weighted by atomic mass is 16.5. The Bertz CT molecular complexity index is 1120. The number of para-hydroxylation sites is 1. The number of hydrogen-bond donors (Lipinski definition) is 1. The average molecular weight is 404 g/mol. The summed E-state index contributed by atoms with van der Waals surface area (Å²) in [6.07, 6.45) is 5.21. The zero-order valence-electron chi connectivity index (χ0n) is 17.1. The molecule has 0 fully saturated rings. The normalized spacial score (nSPS) is 15.6. The fourth-order valence-electron chi connectivity index (χ4n) is 3.84. The molecule has 4 rings (SSSR count). The summed E-state index contributed by atoms with van der Waals surface area (Å²) in [6.45, 7) is 3.89. The van der Waals surface area contributed by atoms with Crippen molar-refractivity contribution in [2.45, 2.75) is 39.2 Å². The molecule has 6 heteroatoms. The number of benzene rings is 1. The zero-order chi connectivity index (χ0) is 21.1. The monoisotopic (exact) mass is 404 g/mol. The van der Waals surface area contributed by atoms with Crippen LogP contribution >= 0.6 is 0 Å². The van der Waals surface area contributed by atoms with Gasteiger partial charge in [0.1, 0.15) is 5.76 Å². The number of nitrogens with zero attached hydrogens (tertiary/aromatic N) is 1. The molecule has 1 N–H and O–H groups in total. The lowest BCUT2D eigenvalue weighted by Gasteiger charge is -2.23. The van der Waals surface area contributed by atoms with Crippen molar-refractivity contribution in [3.05, 3.63) is 65.2 Å². The summed E-state index contributed by atoms with van der Waals surface area (Å²) >= 11 is 0. The van der Waals surface area contributed by atoms with Gasteiger partial charge in [-0.3, -0.25) is 4.79 Å². The third-order valence-electron chi connectivity index (χ3n) is 5.24. The van der Waals surface area contributed by atoms with E-state index >= 15 is 0 Å². The first-order valence-corrected chi connectivity index (χ1v) is 10.2. The molecule has 1 aliphatic carbocycles. The first-order valence-electron chi connectivity index (χ1n) is 10.2. The quantitative estimate of drug-likeness (QED) is 0.638. The molecule has 1 amide bonds. The second-order valence-electron chi connectivity index (χ2n) is 7.31. The van der Waals surface area contributed by atoms with E-state index in [1.54, 1.807) is 13.2 Å². The van der Waals surface area contributed by atoms with Crippen molar-refractivity contribution < 1.29 is 18.7 Å². The molecule has 3 aromatic rings. The van der Waals surface area contributed by atoms with E-state index in [0.29, 0.717) is 12.1 Å². The molecular formula is C24H24N2O4. The number of hydrogen-bond acceptors (Lipinski definition) is 5. The number of carbonyl (C=O) groups is 2. The van der Waals surface area contributed by atoms with Gasteiger partial charge in [-0.1, -0.05) is 18.2 Å². The van der Waals surface area contributed by atoms with Gasteiger partial charge in [0.05, 0.1) is 23.0 Å². The highest BCUT2D eigenvalue weighted by Crippen LogP contribution is 2.36. The molecule has 0 unspecified atom stereocenters. The maximum atomic E-state index is 13.2. The minimum Gasteiger partial charge on any atom is -0.465 e. The average Bonchev–Trinajstić information content (AvgIpc) is 3.25. The standard InChI is InChI=1S/C24H24N2O4/c1-3-25-23(27)15(2)30-24(28)21-18-10-4-5-12-20(18)26-22-16(8-6-11-19(21)22)14-17-9-7-13-29-17/h4-5,7,9-10,12-15H,3,6,8,11H2,1-2H3,(H,25,27)/b16-14-/t15-/m1/s1. The molecule has 6 nitrogen and oxygen atoms in total. The maximum absolute atomic E-state index is 13.2. The van der Waals surface area contributed by atoms with Crippen LogP contribution in [0.25, 0.3) is 22.6 Å². The van der Waals surface area contributed by atoms with Crippen LogP contribution in [-0.4, -0.2) is 29.5 Å². The van der Waals surface area contributed by atoms with E-state index in [9.17, 15) is 9.59 Å². The number of aromatic nitrogens is 1. The van der Waals surface area contributed by atoms with Crippen LogP contribution in [0.3, 0.4) is 0 Å². The number of allylic oxidation sites excluding steroid dienone is 1. The van der Waals surface area contributed by atoms with Crippen molar-refractivity contribution >= 4 is 34.4 Å². The van der Waals surface area contributed by atoms with Gasteiger partial charge in [-0.15, -0.1) is 0 Å². The minimum absolute atomic E-state index is 0.309. The number of amides is 1. The topological polar surface area (TPSA) is 81.4 Å². The van der Waals surface area contributed by atoms with Gasteiger partial charge in [0.25, 0.3) is 5.91 Å². The Balaban J connectivity index is 1.81. The number of carbonyl (C=O) groups excluding carboxylic acids is 2. The molecule has 1 aliphatic rings. The van der Waals surface area contributed by atoms with Crippen molar-refractivity contribution in [1.29, 1.82) is 0 Å². The molecule has 30 heavy (non-hydrogen) atoms. The summed E-state index contributed by atoms with van der Waals surface area (Å²) in [6, 6.07) is 11.3. The predicted octanol–water partition coefficient (Wildman–Crippen LogP) is 4.39. The summed E-state index contributed by atoms with van der Waals surface area (Å²) < 4.78 is 11.0. The van der Waals surface area contributed by atoms with Crippen LogP contribution < -0.4 is 5.32 Å². The number of rotatable bonds is 5. The zero-order valence-corrected chi connectivity index (χ0v) is 17.1. The molecule has 0 radical (unpaired) electrons. The first kappa shape index (κ1) is 19.9. The van der Waals surface area contributed by atoms with Crippen molar-refractivity contribution in [2.75, 3.05) is 6.54 Å². The van der Waals surface area contributed by atoms with E-state index in [-0.39, 0.29) is 5.91 Å². The van der Waals surface area contributed by atoms with Crippen LogP contribution in [0.4, 0.5) is 0 Å². The molecule has 2 heterocycles. The smallest absolute Gasteiger partial charge is 0.339 e. The summed E-state index contributed by atoms with van der Waals surface area (Å²) in [5.74, 6) is -0.0545. The third-order valence-corrected chi connectivity index (χ3v) is 5.24. The van der Waals surface area contributed by atoms with Crippen molar-refractivity contribution in [2.24, 2.45) is 0 Å². The summed E-state index contributed by atoms with van der Waals surface area (Å²) in [5.41, 5.74) is 3.92. The summed E-state index contributed by atoms with van der Waals surface area (Å²) in [4.78, 5) is 30.1. The Morgan fingerprint density at radius 3 is 2.83 bits per heavy atom. The van der Waals surface area contributed by atoms with Crippen molar-refractivity contribution in [1.82, 2.24) is 10.3 Å². The van der Waals surface area contributed by atoms with Crippen LogP contribution in [0.1, 0.15) is 54.1 Å². The highest BCUT2D eigenvalue weighted by molar-refractivity contribution is 6.07. The molecule has 0 saturated carbocycles. The largest absolute Gasteiger partial charge is 0.465 e. The number of esters is 1. The van der Waals surface area contributed by atoms with E-state index in [1.165, 1.54) is 0 Å². The molecular weight excluding hydrogens is 380 g/mol. The predicted molar refractivity (Wildman–Crippen MR) is 115 cm³/mol. The Morgan fingerprint density at radius 2 is 2.07 bits per heavy atom. The molecule has 0 aliphatic heterocycles. The van der Waals surface area contributed by atoms with Gasteiger partial charge < -0.3 is 14.5 Å². The van der Waals surface area contributed by atoms with Gasteiger partial charge in [0.15, 0.2) is 6.10 Å². The number of fused-ring (bicyclic) bond motifs is 2. The van der Waals surface area contributed by atoms with Crippen LogP contribution in [0.2, 0.25) is 0 Å². The van der Waals surface area contributed by atoms with Gasteiger partial charge in [-0.05, 0) is 68.5 Å². The third kappa shape index (κ3) is 3.85. The molecule has 0 spiro atoms. The van der Waals surface area contributed by atoms with Crippen LogP contribution in [-0.2, 0) is 16.0 Å².